The highest BCUT2D eigenvalue weighted by atomic mass is 32.2. The third-order valence-corrected chi connectivity index (χ3v) is 12.9. The lowest BCUT2D eigenvalue weighted by Gasteiger charge is -2.27. The van der Waals surface area contributed by atoms with Crippen molar-refractivity contribution in [2.45, 2.75) is 11.0 Å². The first kappa shape index (κ1) is 32.1. The van der Waals surface area contributed by atoms with Gasteiger partial charge in [0.2, 0.25) is 0 Å². The van der Waals surface area contributed by atoms with Gasteiger partial charge in [0.1, 0.15) is 54.9 Å². The standard InChI is InChI=1S/C36H34O7PS/c37-30(27-41-31-13-5-1-6-14-31)28-42-36(38)29-21-23-35(24-22-29)45(39,40)43-25-26-44(32-15-7-2-8-16-32,33-17-9-3-10-18-33)34-19-11-4-12-20-34/h1-24,30,37H,25-28H2/q+1. The molecule has 5 aromatic carbocycles. The number of hydrogen-bond acceptors (Lipinski definition) is 7. The fourth-order valence-corrected chi connectivity index (χ4v) is 10.1. The highest BCUT2D eigenvalue weighted by molar-refractivity contribution is 7.95. The van der Waals surface area contributed by atoms with Gasteiger partial charge in [0.15, 0.2) is 0 Å². The molecule has 0 aliphatic carbocycles. The Balaban J connectivity index is 1.25. The molecule has 1 atom stereocenters. The Morgan fingerprint density at radius 2 is 1.11 bits per heavy atom. The van der Waals surface area contributed by atoms with Crippen LogP contribution in [0.5, 0.6) is 5.75 Å². The second-order valence-electron chi connectivity index (χ2n) is 10.2. The Morgan fingerprint density at radius 1 is 0.644 bits per heavy atom. The highest BCUT2D eigenvalue weighted by Crippen LogP contribution is 2.55. The number of carbonyl (C=O) groups excluding carboxylic acids is 1. The summed E-state index contributed by atoms with van der Waals surface area (Å²) in [6.07, 6.45) is -0.565. The molecule has 7 nitrogen and oxygen atoms in total. The molecule has 5 rings (SSSR count). The van der Waals surface area contributed by atoms with Crippen molar-refractivity contribution in [2.24, 2.45) is 0 Å². The Labute approximate surface area is 264 Å². The van der Waals surface area contributed by atoms with E-state index < -0.39 is 29.5 Å². The first-order valence-corrected chi connectivity index (χ1v) is 17.8. The number of benzene rings is 5. The lowest BCUT2D eigenvalue weighted by Crippen LogP contribution is -2.35. The summed E-state index contributed by atoms with van der Waals surface area (Å²) in [5.74, 6) is -0.101. The van der Waals surface area contributed by atoms with E-state index in [9.17, 15) is 18.3 Å². The zero-order valence-corrected chi connectivity index (χ0v) is 26.2. The second kappa shape index (κ2) is 15.1. The smallest absolute Gasteiger partial charge is 0.338 e. The molecule has 1 N–H and O–H groups in total. The quantitative estimate of drug-likeness (QED) is 0.104. The summed E-state index contributed by atoms with van der Waals surface area (Å²) in [5, 5.41) is 13.5. The molecule has 1 unspecified atom stereocenters. The molecule has 9 heteroatoms. The molecule has 0 saturated carbocycles. The van der Waals surface area contributed by atoms with Crippen LogP contribution >= 0.6 is 7.26 Å². The molecule has 0 radical (unpaired) electrons. The highest BCUT2D eigenvalue weighted by Gasteiger charge is 2.45. The van der Waals surface area contributed by atoms with E-state index >= 15 is 0 Å². The first-order chi connectivity index (χ1) is 21.9. The van der Waals surface area contributed by atoms with E-state index in [-0.39, 0.29) is 30.3 Å². The lowest BCUT2D eigenvalue weighted by molar-refractivity contribution is 0.0130. The molecule has 0 amide bonds. The van der Waals surface area contributed by atoms with Crippen molar-refractivity contribution in [3.05, 3.63) is 151 Å². The van der Waals surface area contributed by atoms with E-state index in [4.69, 9.17) is 13.7 Å². The maximum atomic E-state index is 13.2. The van der Waals surface area contributed by atoms with Gasteiger partial charge in [-0.2, -0.15) is 8.42 Å². The minimum Gasteiger partial charge on any atom is -0.491 e. The van der Waals surface area contributed by atoms with E-state index in [1.54, 1.807) is 12.1 Å². The van der Waals surface area contributed by atoms with E-state index in [2.05, 4.69) is 36.4 Å². The van der Waals surface area contributed by atoms with Gasteiger partial charge in [-0.05, 0) is 72.8 Å². The van der Waals surface area contributed by atoms with E-state index in [1.807, 2.05) is 72.8 Å². The first-order valence-electron chi connectivity index (χ1n) is 14.5. The van der Waals surface area contributed by atoms with Crippen molar-refractivity contribution in [1.29, 1.82) is 0 Å². The van der Waals surface area contributed by atoms with Gasteiger partial charge in [-0.25, -0.2) is 4.79 Å². The van der Waals surface area contributed by atoms with Crippen molar-refractivity contribution in [3.8, 4) is 5.75 Å². The molecular weight excluding hydrogens is 607 g/mol. The number of hydrogen-bond donors (Lipinski definition) is 1. The molecule has 0 saturated heterocycles. The molecule has 0 aliphatic heterocycles. The largest absolute Gasteiger partial charge is 0.491 e. The summed E-state index contributed by atoms with van der Waals surface area (Å²) >= 11 is 0. The second-order valence-corrected chi connectivity index (χ2v) is 15.4. The van der Waals surface area contributed by atoms with Crippen LogP contribution in [-0.4, -0.2) is 51.6 Å². The van der Waals surface area contributed by atoms with Gasteiger partial charge in [-0.1, -0.05) is 72.8 Å². The van der Waals surface area contributed by atoms with Crippen LogP contribution in [0.25, 0.3) is 0 Å². The predicted octanol–water partition coefficient (Wildman–Crippen LogP) is 4.98. The topological polar surface area (TPSA) is 99.1 Å². The van der Waals surface area contributed by atoms with Crippen LogP contribution in [0.15, 0.2) is 150 Å². The van der Waals surface area contributed by atoms with Crippen LogP contribution in [0.2, 0.25) is 0 Å². The molecule has 45 heavy (non-hydrogen) atoms. The fourth-order valence-electron chi connectivity index (χ4n) is 5.00. The Bertz CT molecular complexity index is 1650. The number of rotatable bonds is 14. The molecule has 0 fully saturated rings. The maximum absolute atomic E-state index is 13.2. The average molecular weight is 642 g/mol. The third kappa shape index (κ3) is 8.04. The summed E-state index contributed by atoms with van der Waals surface area (Å²) in [7, 11) is -6.39. The van der Waals surface area contributed by atoms with Crippen LogP contribution < -0.4 is 20.7 Å². The van der Waals surface area contributed by atoms with Gasteiger partial charge in [-0.15, -0.1) is 0 Å². The fraction of sp³-hybridized carbons (Fsp3) is 0.139. The predicted molar refractivity (Wildman–Crippen MR) is 178 cm³/mol. The van der Waals surface area contributed by atoms with Crippen LogP contribution in [0.4, 0.5) is 0 Å². The molecule has 230 valence electrons. The van der Waals surface area contributed by atoms with Crippen molar-refractivity contribution in [1.82, 2.24) is 0 Å². The van der Waals surface area contributed by atoms with Crippen LogP contribution in [0.3, 0.4) is 0 Å². The number of esters is 1. The van der Waals surface area contributed by atoms with Gasteiger partial charge < -0.3 is 14.6 Å². The van der Waals surface area contributed by atoms with Gasteiger partial charge in [0, 0.05) is 0 Å². The minimum atomic E-state index is -4.12. The number of carbonyl (C=O) groups is 1. The number of aliphatic hydroxyl groups is 1. The minimum absolute atomic E-state index is 0.0402. The molecule has 0 aliphatic rings. The van der Waals surface area contributed by atoms with Crippen molar-refractivity contribution in [2.75, 3.05) is 26.0 Å². The van der Waals surface area contributed by atoms with Crippen LogP contribution in [0.1, 0.15) is 10.4 Å². The summed E-state index contributed by atoms with van der Waals surface area (Å²) in [5.41, 5.74) is 0.146. The molecule has 0 aromatic heterocycles. The van der Waals surface area contributed by atoms with Crippen LogP contribution in [0, 0.1) is 0 Å². The summed E-state index contributed by atoms with van der Waals surface area (Å²) in [4.78, 5) is 12.4. The summed E-state index contributed by atoms with van der Waals surface area (Å²) in [6, 6.07) is 44.8. The van der Waals surface area contributed by atoms with Gasteiger partial charge >= 0.3 is 5.97 Å². The van der Waals surface area contributed by atoms with Crippen molar-refractivity contribution < 1.29 is 32.0 Å². The number of aliphatic hydroxyl groups excluding tert-OH is 1. The van der Waals surface area contributed by atoms with Crippen LogP contribution in [-0.2, 0) is 19.0 Å². The molecule has 0 heterocycles. The van der Waals surface area contributed by atoms with Crippen molar-refractivity contribution >= 4 is 39.3 Å². The van der Waals surface area contributed by atoms with Gasteiger partial charge in [-0.3, -0.25) is 4.18 Å². The van der Waals surface area contributed by atoms with Gasteiger partial charge in [0.25, 0.3) is 10.1 Å². The van der Waals surface area contributed by atoms with E-state index in [0.717, 1.165) is 15.9 Å². The molecular formula is C36H34O7PS+. The zero-order valence-electron chi connectivity index (χ0n) is 24.5. The molecule has 0 bridgehead atoms. The Kier molecular flexibility index (Phi) is 10.8. The normalized spacial score (nSPS) is 12.3. The summed E-state index contributed by atoms with van der Waals surface area (Å²) in [6.45, 7) is -0.361. The lowest BCUT2D eigenvalue weighted by atomic mass is 10.2. The van der Waals surface area contributed by atoms with E-state index in [1.165, 1.54) is 24.3 Å². The SMILES string of the molecule is O=C(OCC(O)COc1ccccc1)c1ccc(S(=O)(=O)OCC[P+](c2ccccc2)(c2ccccc2)c2ccccc2)cc1. The average Bonchev–Trinajstić information content (AvgIpc) is 3.10. The number of ether oxygens (including phenoxy) is 2. The summed E-state index contributed by atoms with van der Waals surface area (Å²) < 4.78 is 42.7. The Morgan fingerprint density at radius 3 is 1.60 bits per heavy atom. The zero-order chi connectivity index (χ0) is 31.5. The van der Waals surface area contributed by atoms with Gasteiger partial charge in [0.05, 0.1) is 16.6 Å². The van der Waals surface area contributed by atoms with E-state index in [0.29, 0.717) is 11.9 Å². The number of para-hydroxylation sites is 1. The molecule has 0 spiro atoms. The monoisotopic (exact) mass is 641 g/mol. The molecule has 5 aromatic rings. The third-order valence-electron chi connectivity index (χ3n) is 7.23. The Hall–Kier alpha value is -4.33. The maximum Gasteiger partial charge on any atom is 0.338 e. The van der Waals surface area contributed by atoms with Crippen molar-refractivity contribution in [3.63, 3.8) is 0 Å².